The molecule has 2 N–H and O–H groups in total. The maximum atomic E-state index is 12.3. The van der Waals surface area contributed by atoms with Crippen LogP contribution >= 0.6 is 11.3 Å². The third-order valence-corrected chi connectivity index (χ3v) is 6.51. The van der Waals surface area contributed by atoms with Gasteiger partial charge in [0.15, 0.2) is 0 Å². The van der Waals surface area contributed by atoms with Gasteiger partial charge in [0.2, 0.25) is 10.0 Å². The summed E-state index contributed by atoms with van der Waals surface area (Å²) in [5.41, 5.74) is 1.65. The molecule has 0 spiro atoms. The van der Waals surface area contributed by atoms with E-state index < -0.39 is 10.0 Å². The van der Waals surface area contributed by atoms with Crippen molar-refractivity contribution in [2.45, 2.75) is 30.8 Å². The van der Waals surface area contributed by atoms with Gasteiger partial charge in [-0.1, -0.05) is 18.2 Å². The Bertz CT molecular complexity index is 855. The van der Waals surface area contributed by atoms with Crippen LogP contribution < -0.4 is 10.0 Å². The molecule has 3 rings (SSSR count). The van der Waals surface area contributed by atoms with Crippen LogP contribution in [0.2, 0.25) is 0 Å². The first-order chi connectivity index (χ1) is 12.0. The topological polar surface area (TPSA) is 84.5 Å². The summed E-state index contributed by atoms with van der Waals surface area (Å²) in [4.78, 5) is 12.8. The molecule has 6 nitrogen and oxygen atoms in total. The lowest BCUT2D eigenvalue weighted by molar-refractivity contribution is 0.103. The first kappa shape index (κ1) is 18.1. The van der Waals surface area contributed by atoms with Gasteiger partial charge >= 0.3 is 0 Å². The highest BCUT2D eigenvalue weighted by molar-refractivity contribution is 7.89. The standard InChI is InChI=1S/C17H20N2O4S2/c1-12-5-2-3-7-15(12)19-17(20)16-9-14(11-24-16)25(21,22)18-10-13-6-4-8-23-13/h2-3,5,7,9,11,13,18H,4,6,8,10H2,1H3,(H,19,20)/t13-/m0/s1. The van der Waals surface area contributed by atoms with Crippen molar-refractivity contribution in [3.63, 3.8) is 0 Å². The fourth-order valence-corrected chi connectivity index (χ4v) is 4.80. The van der Waals surface area contributed by atoms with Crippen molar-refractivity contribution >= 4 is 33.0 Å². The fourth-order valence-electron chi connectivity index (χ4n) is 2.57. The second kappa shape index (κ2) is 7.65. The van der Waals surface area contributed by atoms with Gasteiger partial charge < -0.3 is 10.1 Å². The van der Waals surface area contributed by atoms with Crippen molar-refractivity contribution in [3.8, 4) is 0 Å². The third kappa shape index (κ3) is 4.46. The van der Waals surface area contributed by atoms with Crippen LogP contribution in [0.15, 0.2) is 40.6 Å². The van der Waals surface area contributed by atoms with Gasteiger partial charge in [0.25, 0.3) is 5.91 Å². The van der Waals surface area contributed by atoms with Gasteiger partial charge in [0.05, 0.1) is 15.9 Å². The number of para-hydroxylation sites is 1. The smallest absolute Gasteiger partial charge is 0.265 e. The van der Waals surface area contributed by atoms with Crippen LogP contribution in [-0.4, -0.2) is 33.6 Å². The zero-order chi connectivity index (χ0) is 17.9. The Morgan fingerprint density at radius 1 is 1.36 bits per heavy atom. The molecule has 1 fully saturated rings. The van der Waals surface area contributed by atoms with Gasteiger partial charge in [0, 0.05) is 24.2 Å². The van der Waals surface area contributed by atoms with E-state index in [1.165, 1.54) is 11.4 Å². The average molecular weight is 380 g/mol. The van der Waals surface area contributed by atoms with Gasteiger partial charge in [-0.25, -0.2) is 13.1 Å². The third-order valence-electron chi connectivity index (χ3n) is 4.03. The van der Waals surface area contributed by atoms with E-state index in [0.29, 0.717) is 17.2 Å². The maximum absolute atomic E-state index is 12.3. The number of carbonyl (C=O) groups excluding carboxylic acids is 1. The molecule has 8 heteroatoms. The summed E-state index contributed by atoms with van der Waals surface area (Å²) in [5, 5.41) is 4.28. The minimum absolute atomic E-state index is 0.0720. The lowest BCUT2D eigenvalue weighted by Gasteiger charge is -2.10. The van der Waals surface area contributed by atoms with Gasteiger partial charge in [-0.15, -0.1) is 11.3 Å². The molecular weight excluding hydrogens is 360 g/mol. The van der Waals surface area contributed by atoms with Crippen molar-refractivity contribution in [1.29, 1.82) is 0 Å². The number of hydrogen-bond donors (Lipinski definition) is 2. The predicted octanol–water partition coefficient (Wildman–Crippen LogP) is 2.77. The van der Waals surface area contributed by atoms with Crippen LogP contribution in [0.4, 0.5) is 5.69 Å². The van der Waals surface area contributed by atoms with Gasteiger partial charge in [-0.05, 0) is 37.5 Å². The van der Waals surface area contributed by atoms with E-state index in [2.05, 4.69) is 10.0 Å². The molecular formula is C17H20N2O4S2. The highest BCUT2D eigenvalue weighted by Crippen LogP contribution is 2.22. The van der Waals surface area contributed by atoms with Crippen LogP contribution in [-0.2, 0) is 14.8 Å². The SMILES string of the molecule is Cc1ccccc1NC(=O)c1cc(S(=O)(=O)NC[C@@H]2CCCO2)cs1. The molecule has 1 saturated heterocycles. The normalized spacial score (nSPS) is 17.6. The molecule has 0 bridgehead atoms. The number of thiophene rings is 1. The summed E-state index contributed by atoms with van der Waals surface area (Å²) in [5.74, 6) is -0.320. The first-order valence-electron chi connectivity index (χ1n) is 8.02. The molecule has 0 unspecified atom stereocenters. The van der Waals surface area contributed by atoms with Gasteiger partial charge in [-0.2, -0.15) is 0 Å². The number of nitrogens with one attached hydrogen (secondary N) is 2. The molecule has 1 aromatic carbocycles. The van der Waals surface area contributed by atoms with Gasteiger partial charge in [0.1, 0.15) is 0 Å². The minimum atomic E-state index is -3.64. The second-order valence-corrected chi connectivity index (χ2v) is 8.58. The summed E-state index contributed by atoms with van der Waals surface area (Å²) in [6.45, 7) is 2.83. The van der Waals surface area contributed by atoms with E-state index in [1.807, 2.05) is 31.2 Å². The number of hydrogen-bond acceptors (Lipinski definition) is 5. The maximum Gasteiger partial charge on any atom is 0.265 e. The van der Waals surface area contributed by atoms with Crippen LogP contribution in [0.5, 0.6) is 0 Å². The molecule has 0 radical (unpaired) electrons. The van der Waals surface area contributed by atoms with Crippen molar-refractivity contribution < 1.29 is 17.9 Å². The first-order valence-corrected chi connectivity index (χ1v) is 10.4. The molecule has 1 aromatic heterocycles. The summed E-state index contributed by atoms with van der Waals surface area (Å²) < 4.78 is 32.7. The minimum Gasteiger partial charge on any atom is -0.377 e. The van der Waals surface area contributed by atoms with Gasteiger partial charge in [-0.3, -0.25) is 4.79 Å². The molecule has 2 heterocycles. The molecule has 0 saturated carbocycles. The number of benzene rings is 1. The molecule has 1 aliphatic rings. The monoisotopic (exact) mass is 380 g/mol. The second-order valence-electron chi connectivity index (χ2n) is 5.90. The van der Waals surface area contributed by atoms with Crippen LogP contribution in [0.3, 0.4) is 0 Å². The molecule has 1 aliphatic heterocycles. The Labute approximate surface area is 151 Å². The summed E-state index contributed by atoms with van der Waals surface area (Å²) in [6.07, 6.45) is 1.74. The molecule has 0 aliphatic carbocycles. The fraction of sp³-hybridized carbons (Fsp3) is 0.353. The Hall–Kier alpha value is -1.74. The Morgan fingerprint density at radius 2 is 2.16 bits per heavy atom. The van der Waals surface area contributed by atoms with Crippen LogP contribution in [0, 0.1) is 6.92 Å². The van der Waals surface area contributed by atoms with Crippen molar-refractivity contribution in [3.05, 3.63) is 46.2 Å². The number of rotatable bonds is 6. The quantitative estimate of drug-likeness (QED) is 0.807. The highest BCUT2D eigenvalue weighted by Gasteiger charge is 2.22. The van der Waals surface area contributed by atoms with Crippen LogP contribution in [0.25, 0.3) is 0 Å². The predicted molar refractivity (Wildman–Crippen MR) is 97.6 cm³/mol. The lowest BCUT2D eigenvalue weighted by atomic mass is 10.2. The van der Waals surface area contributed by atoms with Crippen molar-refractivity contribution in [2.75, 3.05) is 18.5 Å². The van der Waals surface area contributed by atoms with E-state index in [1.54, 1.807) is 0 Å². The van der Waals surface area contributed by atoms with E-state index in [9.17, 15) is 13.2 Å². The van der Waals surface area contributed by atoms with E-state index in [-0.39, 0.29) is 23.5 Å². The van der Waals surface area contributed by atoms with Crippen molar-refractivity contribution in [1.82, 2.24) is 4.72 Å². The molecule has 1 atom stereocenters. The number of aryl methyl sites for hydroxylation is 1. The number of sulfonamides is 1. The summed E-state index contributed by atoms with van der Waals surface area (Å²) >= 11 is 1.11. The van der Waals surface area contributed by atoms with E-state index >= 15 is 0 Å². The molecule has 2 aromatic rings. The van der Waals surface area contributed by atoms with Crippen LogP contribution in [0.1, 0.15) is 28.1 Å². The average Bonchev–Trinajstić information content (AvgIpc) is 3.27. The number of carbonyl (C=O) groups is 1. The molecule has 1 amide bonds. The molecule has 25 heavy (non-hydrogen) atoms. The zero-order valence-electron chi connectivity index (χ0n) is 13.8. The Balaban J connectivity index is 1.66. The number of ether oxygens (including phenoxy) is 1. The number of amides is 1. The summed E-state index contributed by atoms with van der Waals surface area (Å²) in [6, 6.07) is 8.83. The van der Waals surface area contributed by atoms with E-state index in [0.717, 1.165) is 29.7 Å². The highest BCUT2D eigenvalue weighted by atomic mass is 32.2. The van der Waals surface area contributed by atoms with E-state index in [4.69, 9.17) is 4.74 Å². The Kier molecular flexibility index (Phi) is 5.53. The largest absolute Gasteiger partial charge is 0.377 e. The van der Waals surface area contributed by atoms with Crippen molar-refractivity contribution in [2.24, 2.45) is 0 Å². The zero-order valence-corrected chi connectivity index (χ0v) is 15.5. The molecule has 134 valence electrons. The number of anilines is 1. The summed E-state index contributed by atoms with van der Waals surface area (Å²) in [7, 11) is -3.64. The lowest BCUT2D eigenvalue weighted by Crippen LogP contribution is -2.31. The Morgan fingerprint density at radius 3 is 2.88 bits per heavy atom.